The van der Waals surface area contributed by atoms with E-state index in [2.05, 4.69) is 16.1 Å². The van der Waals surface area contributed by atoms with Gasteiger partial charge in [-0.05, 0) is 61.1 Å². The van der Waals surface area contributed by atoms with E-state index in [0.717, 1.165) is 5.01 Å². The Morgan fingerprint density at radius 1 is 1.22 bits per heavy atom. The van der Waals surface area contributed by atoms with E-state index < -0.39 is 17.5 Å². The van der Waals surface area contributed by atoms with E-state index in [-0.39, 0.29) is 10.9 Å². The fourth-order valence-electron chi connectivity index (χ4n) is 2.66. The number of hydrogen-bond acceptors (Lipinski definition) is 4. The molecule has 1 saturated heterocycles. The molecule has 140 valence electrons. The van der Waals surface area contributed by atoms with Crippen molar-refractivity contribution in [3.63, 3.8) is 0 Å². The highest BCUT2D eigenvalue weighted by atomic mass is 32.1. The Hall–Kier alpha value is -3.20. The minimum absolute atomic E-state index is 0.0139. The molecule has 1 atom stereocenters. The zero-order valence-electron chi connectivity index (χ0n) is 14.6. The predicted molar refractivity (Wildman–Crippen MR) is 101 cm³/mol. The average molecular weight is 388 g/mol. The molecule has 0 saturated carbocycles. The predicted octanol–water partition coefficient (Wildman–Crippen LogP) is 2.50. The van der Waals surface area contributed by atoms with Crippen LogP contribution in [0.25, 0.3) is 0 Å². The normalized spacial score (nSPS) is 18.9. The van der Waals surface area contributed by atoms with Gasteiger partial charge in [0, 0.05) is 5.69 Å². The monoisotopic (exact) mass is 388 g/mol. The molecule has 9 heteroatoms. The standard InChI is InChI=1S/C18H17FN4O3S/c1-18(11-4-3-5-14(10-11)26-2)15(24)23(17(25)21-18)22-16(27)20-13-8-6-12(19)7-9-13/h3-10H,1-2H3,(H,21,25)(H2,20,22,27)/t18-/m1/s1. The molecule has 3 N–H and O–H groups in total. The van der Waals surface area contributed by atoms with Crippen molar-refractivity contribution in [1.82, 2.24) is 15.8 Å². The lowest BCUT2D eigenvalue weighted by Gasteiger charge is -2.23. The van der Waals surface area contributed by atoms with Crippen molar-refractivity contribution in [2.45, 2.75) is 12.5 Å². The first-order valence-electron chi connectivity index (χ1n) is 7.98. The summed E-state index contributed by atoms with van der Waals surface area (Å²) in [6, 6.07) is 11.7. The van der Waals surface area contributed by atoms with Crippen LogP contribution in [0.2, 0.25) is 0 Å². The number of imide groups is 1. The highest BCUT2D eigenvalue weighted by Gasteiger charge is 2.50. The maximum absolute atomic E-state index is 13.0. The number of nitrogens with one attached hydrogen (secondary N) is 3. The van der Waals surface area contributed by atoms with E-state index in [1.807, 2.05) is 0 Å². The van der Waals surface area contributed by atoms with Crippen molar-refractivity contribution < 1.29 is 18.7 Å². The fraction of sp³-hybridized carbons (Fsp3) is 0.167. The van der Waals surface area contributed by atoms with Crippen LogP contribution in [0.5, 0.6) is 5.75 Å². The van der Waals surface area contributed by atoms with E-state index in [4.69, 9.17) is 17.0 Å². The van der Waals surface area contributed by atoms with Crippen molar-refractivity contribution in [1.29, 1.82) is 0 Å². The molecule has 1 aliphatic heterocycles. The first-order chi connectivity index (χ1) is 12.8. The van der Waals surface area contributed by atoms with E-state index in [9.17, 15) is 14.0 Å². The number of carbonyl (C=O) groups excluding carboxylic acids is 2. The number of carbonyl (C=O) groups is 2. The van der Waals surface area contributed by atoms with Crippen LogP contribution in [-0.4, -0.2) is 29.2 Å². The fourth-order valence-corrected chi connectivity index (χ4v) is 2.87. The molecule has 0 unspecified atom stereocenters. The van der Waals surface area contributed by atoms with Crippen molar-refractivity contribution in [2.24, 2.45) is 0 Å². The summed E-state index contributed by atoms with van der Waals surface area (Å²) < 4.78 is 18.1. The molecule has 1 heterocycles. The van der Waals surface area contributed by atoms with Gasteiger partial charge in [0.15, 0.2) is 5.11 Å². The first-order valence-corrected chi connectivity index (χ1v) is 8.39. The minimum Gasteiger partial charge on any atom is -0.497 e. The van der Waals surface area contributed by atoms with Crippen LogP contribution >= 0.6 is 12.2 Å². The molecule has 27 heavy (non-hydrogen) atoms. The third kappa shape index (κ3) is 3.68. The van der Waals surface area contributed by atoms with Crippen LogP contribution in [0.1, 0.15) is 12.5 Å². The second-order valence-corrected chi connectivity index (χ2v) is 6.41. The second-order valence-electron chi connectivity index (χ2n) is 6.00. The molecule has 2 aromatic carbocycles. The van der Waals surface area contributed by atoms with Crippen molar-refractivity contribution >= 4 is 35.0 Å². The summed E-state index contributed by atoms with van der Waals surface area (Å²) in [5.41, 5.74) is 2.37. The Bertz CT molecular complexity index is 906. The quantitative estimate of drug-likeness (QED) is 0.552. The number of benzene rings is 2. The maximum Gasteiger partial charge on any atom is 0.344 e. The van der Waals surface area contributed by atoms with Crippen LogP contribution in [0.3, 0.4) is 0 Å². The van der Waals surface area contributed by atoms with Crippen LogP contribution in [0.4, 0.5) is 14.9 Å². The molecular weight excluding hydrogens is 371 g/mol. The summed E-state index contributed by atoms with van der Waals surface area (Å²) in [4.78, 5) is 25.2. The highest BCUT2D eigenvalue weighted by Crippen LogP contribution is 2.30. The number of amides is 3. The number of rotatable bonds is 4. The van der Waals surface area contributed by atoms with Gasteiger partial charge >= 0.3 is 6.03 Å². The summed E-state index contributed by atoms with van der Waals surface area (Å²) in [7, 11) is 1.52. The van der Waals surface area contributed by atoms with Crippen LogP contribution in [-0.2, 0) is 10.3 Å². The van der Waals surface area contributed by atoms with E-state index in [0.29, 0.717) is 17.0 Å². The summed E-state index contributed by atoms with van der Waals surface area (Å²) in [5, 5.41) is 6.26. The van der Waals surface area contributed by atoms with E-state index >= 15 is 0 Å². The topological polar surface area (TPSA) is 82.7 Å². The summed E-state index contributed by atoms with van der Waals surface area (Å²) in [6.07, 6.45) is 0. The van der Waals surface area contributed by atoms with Crippen LogP contribution < -0.4 is 20.8 Å². The van der Waals surface area contributed by atoms with Crippen molar-refractivity contribution in [3.8, 4) is 5.75 Å². The lowest BCUT2D eigenvalue weighted by Crippen LogP contribution is -2.49. The Kier molecular flexibility index (Phi) is 4.95. The number of methoxy groups -OCH3 is 1. The van der Waals surface area contributed by atoms with Gasteiger partial charge in [-0.3, -0.25) is 10.2 Å². The zero-order valence-corrected chi connectivity index (χ0v) is 15.4. The SMILES string of the molecule is COc1cccc([C@@]2(C)NC(=O)N(NC(=S)Nc3ccc(F)cc3)C2=O)c1. The third-order valence-electron chi connectivity index (χ3n) is 4.15. The number of hydrogen-bond donors (Lipinski definition) is 3. The zero-order chi connectivity index (χ0) is 19.6. The van der Waals surface area contributed by atoms with Gasteiger partial charge in [-0.15, -0.1) is 0 Å². The van der Waals surface area contributed by atoms with Crippen LogP contribution in [0.15, 0.2) is 48.5 Å². The molecule has 3 amide bonds. The number of urea groups is 1. The third-order valence-corrected chi connectivity index (χ3v) is 4.35. The number of ether oxygens (including phenoxy) is 1. The number of thiocarbonyl (C=S) groups is 1. The van der Waals surface area contributed by atoms with Crippen LogP contribution in [0, 0.1) is 5.82 Å². The minimum atomic E-state index is -1.27. The summed E-state index contributed by atoms with van der Waals surface area (Å²) in [5.74, 6) is -0.345. The van der Waals surface area contributed by atoms with Gasteiger partial charge in [-0.1, -0.05) is 12.1 Å². The molecule has 0 aromatic heterocycles. The highest BCUT2D eigenvalue weighted by molar-refractivity contribution is 7.80. The van der Waals surface area contributed by atoms with Gasteiger partial charge in [0.1, 0.15) is 17.1 Å². The lowest BCUT2D eigenvalue weighted by atomic mass is 9.92. The molecular formula is C18H17FN4O3S. The van der Waals surface area contributed by atoms with Gasteiger partial charge in [-0.25, -0.2) is 9.18 Å². The molecule has 1 fully saturated rings. The van der Waals surface area contributed by atoms with Gasteiger partial charge < -0.3 is 15.4 Å². The largest absolute Gasteiger partial charge is 0.497 e. The molecule has 0 radical (unpaired) electrons. The molecule has 2 aromatic rings. The molecule has 0 aliphatic carbocycles. The Morgan fingerprint density at radius 2 is 1.93 bits per heavy atom. The van der Waals surface area contributed by atoms with E-state index in [1.165, 1.54) is 31.4 Å². The number of halogens is 1. The molecule has 0 bridgehead atoms. The van der Waals surface area contributed by atoms with Crippen molar-refractivity contribution in [3.05, 3.63) is 59.9 Å². The smallest absolute Gasteiger partial charge is 0.344 e. The number of hydrazine groups is 1. The lowest BCUT2D eigenvalue weighted by molar-refractivity contribution is -0.132. The molecule has 1 aliphatic rings. The van der Waals surface area contributed by atoms with Gasteiger partial charge in [0.05, 0.1) is 7.11 Å². The molecule has 0 spiro atoms. The average Bonchev–Trinajstić information content (AvgIpc) is 2.88. The van der Waals surface area contributed by atoms with Gasteiger partial charge in [-0.2, -0.15) is 5.01 Å². The van der Waals surface area contributed by atoms with E-state index in [1.54, 1.807) is 31.2 Å². The molecule has 7 nitrogen and oxygen atoms in total. The molecule has 3 rings (SSSR count). The van der Waals surface area contributed by atoms with Crippen molar-refractivity contribution in [2.75, 3.05) is 12.4 Å². The Labute approximate surface area is 160 Å². The van der Waals surface area contributed by atoms with Gasteiger partial charge in [0.2, 0.25) is 0 Å². The van der Waals surface area contributed by atoms with Gasteiger partial charge in [0.25, 0.3) is 5.91 Å². The Balaban J connectivity index is 1.75. The summed E-state index contributed by atoms with van der Waals surface area (Å²) in [6.45, 7) is 1.60. The number of anilines is 1. The first kappa shape index (κ1) is 18.6. The second kappa shape index (κ2) is 7.20. The maximum atomic E-state index is 13.0. The Morgan fingerprint density at radius 3 is 2.59 bits per heavy atom. The summed E-state index contributed by atoms with van der Waals surface area (Å²) >= 11 is 5.13. The number of nitrogens with zero attached hydrogens (tertiary/aromatic N) is 1.